The SMILES string of the molecule is O=C(CC(=NNC(=O)c1ccccc1[N+](=O)[O-])c1ccccc1)c1ccccc1. The molecular weight excluding hydrogens is 370 g/mol. The molecule has 0 atom stereocenters. The van der Waals surface area contributed by atoms with Gasteiger partial charge in [0, 0.05) is 11.6 Å². The van der Waals surface area contributed by atoms with E-state index in [1.165, 1.54) is 24.3 Å². The molecule has 0 aliphatic carbocycles. The van der Waals surface area contributed by atoms with Crippen LogP contribution in [0.4, 0.5) is 5.69 Å². The summed E-state index contributed by atoms with van der Waals surface area (Å²) in [7, 11) is 0. The molecule has 0 aromatic heterocycles. The van der Waals surface area contributed by atoms with Crippen molar-refractivity contribution in [2.24, 2.45) is 5.10 Å². The average Bonchev–Trinajstić information content (AvgIpc) is 2.77. The fraction of sp³-hybridized carbons (Fsp3) is 0.0455. The molecule has 0 aliphatic heterocycles. The maximum Gasteiger partial charge on any atom is 0.282 e. The molecule has 7 heteroatoms. The van der Waals surface area contributed by atoms with Crippen LogP contribution < -0.4 is 5.43 Å². The van der Waals surface area contributed by atoms with Crippen LogP contribution >= 0.6 is 0 Å². The van der Waals surface area contributed by atoms with Crippen LogP contribution in [0.2, 0.25) is 0 Å². The molecule has 0 spiro atoms. The minimum Gasteiger partial charge on any atom is -0.294 e. The van der Waals surface area contributed by atoms with E-state index in [0.717, 1.165) is 0 Å². The Balaban J connectivity index is 1.87. The summed E-state index contributed by atoms with van der Waals surface area (Å²) in [6.45, 7) is 0. The average molecular weight is 387 g/mol. The summed E-state index contributed by atoms with van der Waals surface area (Å²) >= 11 is 0. The number of ketones is 1. The number of benzene rings is 3. The van der Waals surface area contributed by atoms with E-state index in [1.54, 1.807) is 48.5 Å². The highest BCUT2D eigenvalue weighted by Crippen LogP contribution is 2.17. The third-order valence-electron chi connectivity index (χ3n) is 4.17. The van der Waals surface area contributed by atoms with Gasteiger partial charge in [-0.3, -0.25) is 19.7 Å². The Kier molecular flexibility index (Phi) is 6.22. The first-order chi connectivity index (χ1) is 14.1. The monoisotopic (exact) mass is 387 g/mol. The van der Waals surface area contributed by atoms with Gasteiger partial charge >= 0.3 is 0 Å². The minimum absolute atomic E-state index is 0.0365. The van der Waals surface area contributed by atoms with Gasteiger partial charge < -0.3 is 0 Å². The topological polar surface area (TPSA) is 102 Å². The Morgan fingerprint density at radius 1 is 0.828 bits per heavy atom. The van der Waals surface area contributed by atoms with Gasteiger partial charge in [-0.15, -0.1) is 0 Å². The van der Waals surface area contributed by atoms with Crippen molar-refractivity contribution in [2.45, 2.75) is 6.42 Å². The van der Waals surface area contributed by atoms with Crippen molar-refractivity contribution in [1.82, 2.24) is 5.43 Å². The number of nitrogens with zero attached hydrogens (tertiary/aromatic N) is 2. The van der Waals surface area contributed by atoms with Crippen LogP contribution in [0.1, 0.15) is 32.7 Å². The number of nitro groups is 1. The molecule has 0 unspecified atom stereocenters. The quantitative estimate of drug-likeness (QED) is 0.286. The van der Waals surface area contributed by atoms with Crippen LogP contribution in [-0.4, -0.2) is 22.3 Å². The lowest BCUT2D eigenvalue weighted by atomic mass is 10.0. The molecule has 1 N–H and O–H groups in total. The highest BCUT2D eigenvalue weighted by molar-refractivity contribution is 6.16. The Labute approximate surface area is 166 Å². The van der Waals surface area contributed by atoms with E-state index in [-0.39, 0.29) is 23.5 Å². The second-order valence-electron chi connectivity index (χ2n) is 6.11. The third-order valence-corrected chi connectivity index (χ3v) is 4.17. The zero-order valence-electron chi connectivity index (χ0n) is 15.3. The van der Waals surface area contributed by atoms with Gasteiger partial charge in [0.15, 0.2) is 5.78 Å². The predicted molar refractivity (Wildman–Crippen MR) is 109 cm³/mol. The molecule has 3 aromatic carbocycles. The van der Waals surface area contributed by atoms with Crippen LogP contribution in [-0.2, 0) is 0 Å². The van der Waals surface area contributed by atoms with Gasteiger partial charge in [0.05, 0.1) is 17.1 Å². The van der Waals surface area contributed by atoms with E-state index in [9.17, 15) is 19.7 Å². The number of carbonyl (C=O) groups is 2. The van der Waals surface area contributed by atoms with Crippen molar-refractivity contribution in [3.05, 3.63) is 112 Å². The fourth-order valence-electron chi connectivity index (χ4n) is 2.72. The fourth-order valence-corrected chi connectivity index (χ4v) is 2.72. The molecule has 0 fully saturated rings. The van der Waals surface area contributed by atoms with Gasteiger partial charge in [-0.05, 0) is 11.6 Å². The van der Waals surface area contributed by atoms with Crippen molar-refractivity contribution < 1.29 is 14.5 Å². The third kappa shape index (κ3) is 4.98. The van der Waals surface area contributed by atoms with E-state index < -0.39 is 10.8 Å². The molecule has 29 heavy (non-hydrogen) atoms. The zero-order valence-corrected chi connectivity index (χ0v) is 15.3. The van der Waals surface area contributed by atoms with Gasteiger partial charge in [0.25, 0.3) is 11.6 Å². The lowest BCUT2D eigenvalue weighted by molar-refractivity contribution is -0.385. The van der Waals surface area contributed by atoms with Crippen molar-refractivity contribution in [3.63, 3.8) is 0 Å². The Morgan fingerprint density at radius 3 is 2.00 bits per heavy atom. The molecule has 0 saturated heterocycles. The highest BCUT2D eigenvalue weighted by Gasteiger charge is 2.19. The first kappa shape index (κ1) is 19.6. The highest BCUT2D eigenvalue weighted by atomic mass is 16.6. The Bertz CT molecular complexity index is 1060. The summed E-state index contributed by atoms with van der Waals surface area (Å²) in [5.41, 5.74) is 3.46. The Hall–Kier alpha value is -4.13. The molecule has 0 saturated carbocycles. The first-order valence-electron chi connectivity index (χ1n) is 8.80. The maximum atomic E-state index is 12.6. The number of rotatable bonds is 7. The lowest BCUT2D eigenvalue weighted by Crippen LogP contribution is -2.22. The van der Waals surface area contributed by atoms with Crippen LogP contribution in [0, 0.1) is 10.1 Å². The standard InChI is InChI=1S/C22H17N3O4/c26-21(17-11-5-2-6-12-17)15-19(16-9-3-1-4-10-16)23-24-22(27)18-13-7-8-14-20(18)25(28)29/h1-14H,15H2,(H,24,27). The summed E-state index contributed by atoms with van der Waals surface area (Å²) < 4.78 is 0. The number of nitrogens with one attached hydrogen (secondary N) is 1. The van der Waals surface area contributed by atoms with Crippen molar-refractivity contribution >= 4 is 23.1 Å². The number of amides is 1. The number of carbonyl (C=O) groups excluding carboxylic acids is 2. The molecule has 144 valence electrons. The molecular formula is C22H17N3O4. The number of hydrogen-bond donors (Lipinski definition) is 1. The molecule has 0 bridgehead atoms. The van der Waals surface area contributed by atoms with Crippen LogP contribution in [0.15, 0.2) is 90.0 Å². The molecule has 0 heterocycles. The number of hydrazone groups is 1. The van der Waals surface area contributed by atoms with Crippen molar-refractivity contribution in [3.8, 4) is 0 Å². The second kappa shape index (κ2) is 9.18. The number of Topliss-reactive ketones (excluding diaryl/α,β-unsaturated/α-hetero) is 1. The maximum absolute atomic E-state index is 12.6. The van der Waals surface area contributed by atoms with Gasteiger partial charge in [-0.2, -0.15) is 5.10 Å². The summed E-state index contributed by atoms with van der Waals surface area (Å²) in [6.07, 6.45) is -0.0365. The van der Waals surface area contributed by atoms with Crippen molar-refractivity contribution in [1.29, 1.82) is 0 Å². The Morgan fingerprint density at radius 2 is 1.38 bits per heavy atom. The summed E-state index contributed by atoms with van der Waals surface area (Å²) in [5.74, 6) is -0.883. The lowest BCUT2D eigenvalue weighted by Gasteiger charge is -2.08. The number of nitro benzene ring substituents is 1. The van der Waals surface area contributed by atoms with Gasteiger partial charge in [0.2, 0.25) is 0 Å². The number of hydrogen-bond acceptors (Lipinski definition) is 5. The predicted octanol–water partition coefficient (Wildman–Crippen LogP) is 4.00. The van der Waals surface area contributed by atoms with Crippen LogP contribution in [0.3, 0.4) is 0 Å². The molecule has 7 nitrogen and oxygen atoms in total. The first-order valence-corrected chi connectivity index (χ1v) is 8.80. The van der Waals surface area contributed by atoms with E-state index in [2.05, 4.69) is 10.5 Å². The molecule has 3 aromatic rings. The smallest absolute Gasteiger partial charge is 0.282 e. The summed E-state index contributed by atoms with van der Waals surface area (Å²) in [6, 6.07) is 23.3. The normalized spacial score (nSPS) is 11.0. The van der Waals surface area contributed by atoms with Crippen molar-refractivity contribution in [2.75, 3.05) is 0 Å². The van der Waals surface area contributed by atoms with E-state index >= 15 is 0 Å². The van der Waals surface area contributed by atoms with E-state index in [4.69, 9.17) is 0 Å². The van der Waals surface area contributed by atoms with Gasteiger partial charge in [-0.25, -0.2) is 5.43 Å². The van der Waals surface area contributed by atoms with Crippen LogP contribution in [0.25, 0.3) is 0 Å². The second-order valence-corrected chi connectivity index (χ2v) is 6.11. The zero-order chi connectivity index (χ0) is 20.6. The summed E-state index contributed by atoms with van der Waals surface area (Å²) in [4.78, 5) is 35.6. The largest absolute Gasteiger partial charge is 0.294 e. The minimum atomic E-state index is -0.724. The van der Waals surface area contributed by atoms with E-state index in [1.807, 2.05) is 12.1 Å². The van der Waals surface area contributed by atoms with Crippen LogP contribution in [0.5, 0.6) is 0 Å². The number of para-hydroxylation sites is 1. The molecule has 0 aliphatic rings. The van der Waals surface area contributed by atoms with E-state index in [0.29, 0.717) is 16.8 Å². The molecule has 1 amide bonds. The van der Waals surface area contributed by atoms with Gasteiger partial charge in [-0.1, -0.05) is 72.8 Å². The van der Waals surface area contributed by atoms with Gasteiger partial charge in [0.1, 0.15) is 5.56 Å². The molecule has 3 rings (SSSR count). The summed E-state index contributed by atoms with van der Waals surface area (Å²) in [5, 5.41) is 15.2. The molecule has 0 radical (unpaired) electrons.